The van der Waals surface area contributed by atoms with E-state index in [2.05, 4.69) is 4.74 Å². The Morgan fingerprint density at radius 2 is 2.15 bits per heavy atom. The lowest BCUT2D eigenvalue weighted by molar-refractivity contribution is 0.0600. The third-order valence-corrected chi connectivity index (χ3v) is 1.50. The monoisotopic (exact) mass is 180 g/mol. The van der Waals surface area contributed by atoms with Gasteiger partial charge in [-0.3, -0.25) is 4.79 Å². The fourth-order valence-electron chi connectivity index (χ4n) is 0.938. The van der Waals surface area contributed by atoms with Crippen LogP contribution in [0.15, 0.2) is 18.2 Å². The number of carbonyl (C=O) groups excluding carboxylic acids is 2. The number of rotatable bonds is 2. The van der Waals surface area contributed by atoms with E-state index in [9.17, 15) is 9.59 Å². The first-order valence-electron chi connectivity index (χ1n) is 3.55. The highest BCUT2D eigenvalue weighted by Crippen LogP contribution is 2.15. The highest BCUT2D eigenvalue weighted by Gasteiger charge is 2.07. The van der Waals surface area contributed by atoms with Gasteiger partial charge in [-0.2, -0.15) is 0 Å². The van der Waals surface area contributed by atoms with Crippen LogP contribution in [0.5, 0.6) is 5.75 Å². The molecule has 0 aliphatic rings. The first-order valence-corrected chi connectivity index (χ1v) is 3.55. The summed E-state index contributed by atoms with van der Waals surface area (Å²) in [6.45, 7) is 0. The molecule has 0 saturated carbocycles. The number of hydrogen-bond donors (Lipinski definition) is 1. The van der Waals surface area contributed by atoms with E-state index in [1.54, 1.807) is 0 Å². The minimum absolute atomic E-state index is 0.134. The molecule has 0 radical (unpaired) electrons. The van der Waals surface area contributed by atoms with Crippen LogP contribution in [0.1, 0.15) is 20.7 Å². The van der Waals surface area contributed by atoms with Crippen LogP contribution in [-0.4, -0.2) is 24.5 Å². The van der Waals surface area contributed by atoms with Gasteiger partial charge in [0.05, 0.1) is 12.7 Å². The summed E-state index contributed by atoms with van der Waals surface area (Å²) in [5.41, 5.74) is 0.394. The predicted molar refractivity (Wildman–Crippen MR) is 44.8 cm³/mol. The van der Waals surface area contributed by atoms with Crippen molar-refractivity contribution < 1.29 is 19.4 Å². The summed E-state index contributed by atoms with van der Waals surface area (Å²) in [7, 11) is 1.23. The van der Waals surface area contributed by atoms with Crippen LogP contribution in [0.3, 0.4) is 0 Å². The number of esters is 1. The molecule has 0 saturated heterocycles. The zero-order valence-electron chi connectivity index (χ0n) is 6.98. The molecular formula is C9H8O4. The van der Waals surface area contributed by atoms with Gasteiger partial charge in [0.15, 0.2) is 0 Å². The zero-order valence-corrected chi connectivity index (χ0v) is 6.98. The Bertz CT molecular complexity index is 343. The van der Waals surface area contributed by atoms with Gasteiger partial charge in [0, 0.05) is 5.56 Å². The molecule has 1 rings (SSSR count). The van der Waals surface area contributed by atoms with Crippen molar-refractivity contribution in [2.75, 3.05) is 7.11 Å². The minimum atomic E-state index is -0.584. The lowest BCUT2D eigenvalue weighted by Gasteiger charge is -2.00. The van der Waals surface area contributed by atoms with Crippen LogP contribution in [0, 0.1) is 0 Å². The van der Waals surface area contributed by atoms with E-state index in [4.69, 9.17) is 5.11 Å². The molecule has 1 aromatic rings. The highest BCUT2D eigenvalue weighted by molar-refractivity contribution is 5.92. The van der Waals surface area contributed by atoms with Crippen LogP contribution >= 0.6 is 0 Å². The lowest BCUT2D eigenvalue weighted by atomic mass is 10.1. The van der Waals surface area contributed by atoms with Crippen molar-refractivity contribution in [2.45, 2.75) is 0 Å². The zero-order chi connectivity index (χ0) is 9.84. The van der Waals surface area contributed by atoms with Crippen molar-refractivity contribution >= 4 is 12.3 Å². The Morgan fingerprint density at radius 1 is 1.46 bits per heavy atom. The number of benzene rings is 1. The summed E-state index contributed by atoms with van der Waals surface area (Å²) in [5.74, 6) is -0.719. The van der Waals surface area contributed by atoms with Crippen molar-refractivity contribution in [3.8, 4) is 5.75 Å². The lowest BCUT2D eigenvalue weighted by Crippen LogP contribution is -2.01. The van der Waals surface area contributed by atoms with Crippen molar-refractivity contribution in [3.63, 3.8) is 0 Å². The molecule has 0 aliphatic carbocycles. The quantitative estimate of drug-likeness (QED) is 0.544. The average Bonchev–Trinajstić information content (AvgIpc) is 2.15. The first kappa shape index (κ1) is 9.25. The number of hydrogen-bond acceptors (Lipinski definition) is 4. The van der Waals surface area contributed by atoms with Crippen molar-refractivity contribution in [1.82, 2.24) is 0 Å². The van der Waals surface area contributed by atoms with Crippen molar-refractivity contribution in [3.05, 3.63) is 29.3 Å². The molecule has 68 valence electrons. The summed E-state index contributed by atoms with van der Waals surface area (Å²) in [6, 6.07) is 3.84. The maximum atomic E-state index is 11.0. The van der Waals surface area contributed by atoms with Crippen LogP contribution in [0.25, 0.3) is 0 Å². The van der Waals surface area contributed by atoms with Gasteiger partial charge < -0.3 is 9.84 Å². The standard InChI is InChI=1S/C9H8O4/c1-13-9(12)7-2-6(5-10)3-8(11)4-7/h2-5,11H,1H3. The van der Waals surface area contributed by atoms with E-state index in [0.29, 0.717) is 6.29 Å². The third-order valence-electron chi connectivity index (χ3n) is 1.50. The van der Waals surface area contributed by atoms with Gasteiger partial charge in [-0.25, -0.2) is 4.79 Å². The van der Waals surface area contributed by atoms with E-state index in [1.807, 2.05) is 0 Å². The van der Waals surface area contributed by atoms with Crippen molar-refractivity contribution in [2.24, 2.45) is 0 Å². The van der Waals surface area contributed by atoms with Gasteiger partial charge in [-0.15, -0.1) is 0 Å². The summed E-state index contributed by atoms with van der Waals surface area (Å²) in [5, 5.41) is 9.10. The van der Waals surface area contributed by atoms with E-state index in [-0.39, 0.29) is 16.9 Å². The summed E-state index contributed by atoms with van der Waals surface area (Å²) >= 11 is 0. The number of aromatic hydroxyl groups is 1. The molecule has 4 nitrogen and oxygen atoms in total. The summed E-state index contributed by atoms with van der Waals surface area (Å²) in [4.78, 5) is 21.3. The number of carbonyl (C=O) groups is 2. The molecule has 0 aliphatic heterocycles. The first-order chi connectivity index (χ1) is 6.17. The molecule has 0 unspecified atom stereocenters. The van der Waals surface area contributed by atoms with E-state index >= 15 is 0 Å². The van der Waals surface area contributed by atoms with Gasteiger partial charge >= 0.3 is 5.97 Å². The van der Waals surface area contributed by atoms with Gasteiger partial charge in [0.1, 0.15) is 12.0 Å². The van der Waals surface area contributed by atoms with Crippen LogP contribution in [0.4, 0.5) is 0 Å². The molecule has 0 heterocycles. The largest absolute Gasteiger partial charge is 0.508 e. The second-order valence-electron chi connectivity index (χ2n) is 2.42. The van der Waals surface area contributed by atoms with Gasteiger partial charge in [-0.05, 0) is 18.2 Å². The second-order valence-corrected chi connectivity index (χ2v) is 2.42. The van der Waals surface area contributed by atoms with Crippen LogP contribution < -0.4 is 0 Å². The molecular weight excluding hydrogens is 172 g/mol. The molecule has 4 heteroatoms. The van der Waals surface area contributed by atoms with Crippen LogP contribution in [0.2, 0.25) is 0 Å². The fraction of sp³-hybridized carbons (Fsp3) is 0.111. The SMILES string of the molecule is COC(=O)c1cc(O)cc(C=O)c1. The topological polar surface area (TPSA) is 63.6 Å². The van der Waals surface area contributed by atoms with Crippen LogP contribution in [-0.2, 0) is 4.74 Å². The smallest absolute Gasteiger partial charge is 0.338 e. The normalized spacial score (nSPS) is 9.31. The number of methoxy groups -OCH3 is 1. The number of phenols is 1. The molecule has 0 aromatic heterocycles. The average molecular weight is 180 g/mol. The summed E-state index contributed by atoms with van der Waals surface area (Å²) < 4.78 is 4.42. The molecule has 0 spiro atoms. The molecule has 1 N–H and O–H groups in total. The fourth-order valence-corrected chi connectivity index (χ4v) is 0.938. The molecule has 0 amide bonds. The van der Waals surface area contributed by atoms with Gasteiger partial charge in [0.25, 0.3) is 0 Å². The predicted octanol–water partition coefficient (Wildman–Crippen LogP) is 0.991. The van der Waals surface area contributed by atoms with E-state index < -0.39 is 5.97 Å². The number of phenolic OH excluding ortho intramolecular Hbond substituents is 1. The van der Waals surface area contributed by atoms with E-state index in [1.165, 1.54) is 25.3 Å². The molecule has 0 fully saturated rings. The Morgan fingerprint density at radius 3 is 2.69 bits per heavy atom. The third kappa shape index (κ3) is 2.05. The number of aldehydes is 1. The minimum Gasteiger partial charge on any atom is -0.508 e. The van der Waals surface area contributed by atoms with Gasteiger partial charge in [0.2, 0.25) is 0 Å². The second kappa shape index (κ2) is 3.71. The summed E-state index contributed by atoms with van der Waals surface area (Å²) in [6.07, 6.45) is 0.548. The molecule has 0 bridgehead atoms. The molecule has 1 aromatic carbocycles. The highest BCUT2D eigenvalue weighted by atomic mass is 16.5. The molecule has 0 atom stereocenters. The van der Waals surface area contributed by atoms with Crippen molar-refractivity contribution in [1.29, 1.82) is 0 Å². The number of ether oxygens (including phenoxy) is 1. The van der Waals surface area contributed by atoms with Gasteiger partial charge in [-0.1, -0.05) is 0 Å². The Labute approximate surface area is 74.8 Å². The van der Waals surface area contributed by atoms with E-state index in [0.717, 1.165) is 0 Å². The Kier molecular flexibility index (Phi) is 2.64. The maximum absolute atomic E-state index is 11.0. The maximum Gasteiger partial charge on any atom is 0.338 e. The Hall–Kier alpha value is -1.84. The Balaban J connectivity index is 3.15. The molecule has 13 heavy (non-hydrogen) atoms.